The Morgan fingerprint density at radius 2 is 2.00 bits per heavy atom. The van der Waals surface area contributed by atoms with Crippen LogP contribution in [0.15, 0.2) is 30.5 Å². The summed E-state index contributed by atoms with van der Waals surface area (Å²) in [7, 11) is 0. The highest BCUT2D eigenvalue weighted by atomic mass is 16.4. The van der Waals surface area contributed by atoms with Gasteiger partial charge in [0.2, 0.25) is 0 Å². The van der Waals surface area contributed by atoms with Gasteiger partial charge in [-0.3, -0.25) is 4.79 Å². The minimum Gasteiger partial charge on any atom is -0.476 e. The van der Waals surface area contributed by atoms with Crippen LogP contribution in [0.1, 0.15) is 26.4 Å². The first kappa shape index (κ1) is 13.7. The fraction of sp³-hybridized carbons (Fsp3) is 0.231. The van der Waals surface area contributed by atoms with E-state index in [0.29, 0.717) is 18.7 Å². The molecule has 2 rings (SSSR count). The van der Waals surface area contributed by atoms with Gasteiger partial charge < -0.3 is 10.4 Å². The van der Waals surface area contributed by atoms with Gasteiger partial charge in [-0.1, -0.05) is 22.9 Å². The van der Waals surface area contributed by atoms with Crippen molar-refractivity contribution in [2.75, 3.05) is 6.54 Å². The molecule has 7 heteroatoms. The van der Waals surface area contributed by atoms with Crippen molar-refractivity contribution in [1.29, 1.82) is 0 Å². The Morgan fingerprint density at radius 1 is 1.30 bits per heavy atom. The Balaban J connectivity index is 1.84. The van der Waals surface area contributed by atoms with Crippen molar-refractivity contribution < 1.29 is 14.7 Å². The van der Waals surface area contributed by atoms with E-state index >= 15 is 0 Å². The van der Waals surface area contributed by atoms with Crippen LogP contribution in [-0.4, -0.2) is 38.5 Å². The van der Waals surface area contributed by atoms with Gasteiger partial charge in [-0.25, -0.2) is 9.48 Å². The van der Waals surface area contributed by atoms with E-state index in [4.69, 9.17) is 5.11 Å². The first-order chi connectivity index (χ1) is 9.56. The quantitative estimate of drug-likeness (QED) is 0.837. The highest BCUT2D eigenvalue weighted by Gasteiger charge is 2.08. The topological polar surface area (TPSA) is 97.1 Å². The number of hydrogen-bond acceptors (Lipinski definition) is 4. The Labute approximate surface area is 115 Å². The van der Waals surface area contributed by atoms with E-state index < -0.39 is 5.97 Å². The second-order valence-corrected chi connectivity index (χ2v) is 4.29. The van der Waals surface area contributed by atoms with Crippen LogP contribution in [0.3, 0.4) is 0 Å². The van der Waals surface area contributed by atoms with Gasteiger partial charge in [-0.05, 0) is 19.1 Å². The number of aromatic carboxylic acids is 1. The molecule has 0 bridgehead atoms. The molecular formula is C13H14N4O3. The van der Waals surface area contributed by atoms with E-state index in [-0.39, 0.29) is 11.6 Å². The van der Waals surface area contributed by atoms with E-state index in [2.05, 4.69) is 15.6 Å². The summed E-state index contributed by atoms with van der Waals surface area (Å²) in [5, 5.41) is 18.6. The summed E-state index contributed by atoms with van der Waals surface area (Å²) in [6.07, 6.45) is 1.32. The predicted octanol–water partition coefficient (Wildman–Crippen LogP) is 0.715. The Bertz CT molecular complexity index is 619. The third-order valence-electron chi connectivity index (χ3n) is 2.70. The third-order valence-corrected chi connectivity index (χ3v) is 2.70. The molecule has 0 aliphatic rings. The smallest absolute Gasteiger partial charge is 0.358 e. The standard InChI is InChI=1S/C13H14N4O3/c1-9-2-4-10(5-3-9)12(18)14-6-7-17-8-11(13(19)20)15-16-17/h2-5,8H,6-7H2,1H3,(H,14,18)(H,19,20). The molecule has 0 aliphatic carbocycles. The summed E-state index contributed by atoms with van der Waals surface area (Å²) in [5.74, 6) is -1.30. The summed E-state index contributed by atoms with van der Waals surface area (Å²) in [6, 6.07) is 7.24. The number of hydrogen-bond donors (Lipinski definition) is 2. The average molecular weight is 274 g/mol. The molecule has 0 saturated carbocycles. The van der Waals surface area contributed by atoms with Crippen LogP contribution >= 0.6 is 0 Å². The van der Waals surface area contributed by atoms with Crippen molar-refractivity contribution in [2.24, 2.45) is 0 Å². The van der Waals surface area contributed by atoms with Gasteiger partial charge >= 0.3 is 5.97 Å². The molecule has 0 unspecified atom stereocenters. The molecule has 1 amide bonds. The Kier molecular flexibility index (Phi) is 4.09. The summed E-state index contributed by atoms with van der Waals surface area (Å²) < 4.78 is 1.37. The number of carbonyl (C=O) groups is 2. The first-order valence-corrected chi connectivity index (χ1v) is 6.04. The molecular weight excluding hydrogens is 260 g/mol. The van der Waals surface area contributed by atoms with Gasteiger partial charge in [0.05, 0.1) is 12.7 Å². The first-order valence-electron chi connectivity index (χ1n) is 6.04. The number of carbonyl (C=O) groups excluding carboxylic acids is 1. The van der Waals surface area contributed by atoms with Crippen LogP contribution in [0, 0.1) is 6.92 Å². The molecule has 0 saturated heterocycles. The van der Waals surface area contributed by atoms with Crippen molar-refractivity contribution >= 4 is 11.9 Å². The maximum absolute atomic E-state index is 11.8. The summed E-state index contributed by atoms with van der Waals surface area (Å²) in [4.78, 5) is 22.4. The highest BCUT2D eigenvalue weighted by molar-refractivity contribution is 5.94. The minimum absolute atomic E-state index is 0.116. The average Bonchev–Trinajstić information content (AvgIpc) is 2.88. The second-order valence-electron chi connectivity index (χ2n) is 4.29. The van der Waals surface area contributed by atoms with Gasteiger partial charge in [0, 0.05) is 12.1 Å². The highest BCUT2D eigenvalue weighted by Crippen LogP contribution is 2.02. The lowest BCUT2D eigenvalue weighted by Gasteiger charge is -2.05. The third kappa shape index (κ3) is 3.41. The van der Waals surface area contributed by atoms with E-state index in [9.17, 15) is 9.59 Å². The molecule has 7 nitrogen and oxygen atoms in total. The Hall–Kier alpha value is -2.70. The van der Waals surface area contributed by atoms with Crippen LogP contribution in [-0.2, 0) is 6.54 Å². The number of amides is 1. The van der Waals surface area contributed by atoms with Gasteiger partial charge in [0.15, 0.2) is 5.69 Å². The van der Waals surface area contributed by atoms with Crippen LogP contribution in [0.2, 0.25) is 0 Å². The molecule has 0 aliphatic heterocycles. The van der Waals surface area contributed by atoms with E-state index in [1.165, 1.54) is 10.9 Å². The Morgan fingerprint density at radius 3 is 2.60 bits per heavy atom. The van der Waals surface area contributed by atoms with Crippen LogP contribution in [0.5, 0.6) is 0 Å². The zero-order valence-electron chi connectivity index (χ0n) is 10.9. The van der Waals surface area contributed by atoms with Crippen LogP contribution in [0.4, 0.5) is 0 Å². The van der Waals surface area contributed by atoms with E-state index in [1.54, 1.807) is 12.1 Å². The monoisotopic (exact) mass is 274 g/mol. The number of nitrogens with zero attached hydrogens (tertiary/aromatic N) is 3. The maximum atomic E-state index is 11.8. The lowest BCUT2D eigenvalue weighted by molar-refractivity contribution is 0.0690. The number of benzene rings is 1. The van der Waals surface area contributed by atoms with Gasteiger partial charge in [-0.15, -0.1) is 5.10 Å². The number of aromatic nitrogens is 3. The number of carboxylic acid groups (broad SMARTS) is 1. The van der Waals surface area contributed by atoms with Crippen molar-refractivity contribution in [3.8, 4) is 0 Å². The molecule has 20 heavy (non-hydrogen) atoms. The number of aryl methyl sites for hydroxylation is 1. The molecule has 104 valence electrons. The molecule has 2 N–H and O–H groups in total. The number of carboxylic acids is 1. The normalized spacial score (nSPS) is 10.2. The van der Waals surface area contributed by atoms with Crippen LogP contribution in [0.25, 0.3) is 0 Å². The number of rotatable bonds is 5. The molecule has 0 spiro atoms. The fourth-order valence-electron chi connectivity index (χ4n) is 1.60. The summed E-state index contributed by atoms with van der Waals surface area (Å²) in [6.45, 7) is 2.65. The van der Waals surface area contributed by atoms with Gasteiger partial charge in [0.1, 0.15) is 0 Å². The van der Waals surface area contributed by atoms with E-state index in [1.807, 2.05) is 19.1 Å². The molecule has 1 heterocycles. The fourth-order valence-corrected chi connectivity index (χ4v) is 1.60. The lowest BCUT2D eigenvalue weighted by Crippen LogP contribution is -2.27. The van der Waals surface area contributed by atoms with Crippen molar-refractivity contribution in [3.63, 3.8) is 0 Å². The van der Waals surface area contributed by atoms with Crippen LogP contribution < -0.4 is 5.32 Å². The van der Waals surface area contributed by atoms with E-state index in [0.717, 1.165) is 5.56 Å². The molecule has 2 aromatic rings. The summed E-state index contributed by atoms with van der Waals surface area (Å²) in [5.41, 5.74) is 1.56. The van der Waals surface area contributed by atoms with Gasteiger partial charge in [-0.2, -0.15) is 0 Å². The largest absolute Gasteiger partial charge is 0.476 e. The predicted molar refractivity (Wildman–Crippen MR) is 70.5 cm³/mol. The van der Waals surface area contributed by atoms with Crippen molar-refractivity contribution in [2.45, 2.75) is 13.5 Å². The molecule has 1 aromatic heterocycles. The molecule has 0 radical (unpaired) electrons. The number of nitrogens with one attached hydrogen (secondary N) is 1. The van der Waals surface area contributed by atoms with Crippen molar-refractivity contribution in [1.82, 2.24) is 20.3 Å². The second kappa shape index (κ2) is 5.96. The zero-order chi connectivity index (χ0) is 14.5. The lowest BCUT2D eigenvalue weighted by atomic mass is 10.1. The van der Waals surface area contributed by atoms with Gasteiger partial charge in [0.25, 0.3) is 5.91 Å². The SMILES string of the molecule is Cc1ccc(C(=O)NCCn2cc(C(=O)O)nn2)cc1. The van der Waals surface area contributed by atoms with Crippen molar-refractivity contribution in [3.05, 3.63) is 47.3 Å². The zero-order valence-corrected chi connectivity index (χ0v) is 10.9. The maximum Gasteiger partial charge on any atom is 0.358 e. The summed E-state index contributed by atoms with van der Waals surface area (Å²) >= 11 is 0. The molecule has 1 aromatic carbocycles. The minimum atomic E-state index is -1.13. The molecule has 0 fully saturated rings. The molecule has 0 atom stereocenters.